The third kappa shape index (κ3) is 4.75. The normalized spacial score (nSPS) is 20.9. The van der Waals surface area contributed by atoms with Gasteiger partial charge in [-0.15, -0.1) is 0 Å². The second-order valence-corrected chi connectivity index (χ2v) is 11.4. The van der Waals surface area contributed by atoms with Crippen molar-refractivity contribution in [2.24, 2.45) is 0 Å². The molecule has 3 aliphatic rings. The zero-order valence-electron chi connectivity index (χ0n) is 21.4. The van der Waals surface area contributed by atoms with Crippen LogP contribution in [0.1, 0.15) is 43.6 Å². The summed E-state index contributed by atoms with van der Waals surface area (Å²) in [5.74, 6) is 1.19. The van der Waals surface area contributed by atoms with Crippen molar-refractivity contribution >= 4 is 39.8 Å². The number of aromatic amines is 1. The number of anilines is 3. The number of β-amino-alcohol motifs (C(OH)–C–C–N with tert-alkyl or cyclic N) is 1. The number of para-hydroxylation sites is 1. The van der Waals surface area contributed by atoms with Crippen LogP contribution >= 0.6 is 11.6 Å². The lowest BCUT2D eigenvalue weighted by Gasteiger charge is -2.38. The predicted molar refractivity (Wildman–Crippen MR) is 153 cm³/mol. The molecule has 2 aliphatic heterocycles. The molecule has 7 nitrogen and oxygen atoms in total. The molecule has 1 atom stereocenters. The van der Waals surface area contributed by atoms with E-state index in [0.29, 0.717) is 28.6 Å². The number of rotatable bonds is 6. The molecule has 1 saturated carbocycles. The lowest BCUT2D eigenvalue weighted by Crippen LogP contribution is -2.44. The van der Waals surface area contributed by atoms with E-state index in [1.54, 1.807) is 6.20 Å². The van der Waals surface area contributed by atoms with Gasteiger partial charge in [0.15, 0.2) is 0 Å². The van der Waals surface area contributed by atoms with E-state index in [2.05, 4.69) is 55.4 Å². The van der Waals surface area contributed by atoms with Gasteiger partial charge >= 0.3 is 0 Å². The summed E-state index contributed by atoms with van der Waals surface area (Å²) >= 11 is 6.57. The molecule has 4 aromatic rings. The van der Waals surface area contributed by atoms with Gasteiger partial charge in [-0.25, -0.2) is 9.97 Å². The van der Waals surface area contributed by atoms with Gasteiger partial charge in [0.2, 0.25) is 5.95 Å². The van der Waals surface area contributed by atoms with E-state index in [-0.39, 0.29) is 6.10 Å². The van der Waals surface area contributed by atoms with Gasteiger partial charge in [-0.1, -0.05) is 29.8 Å². The Morgan fingerprint density at radius 2 is 1.84 bits per heavy atom. The summed E-state index contributed by atoms with van der Waals surface area (Å²) in [6, 6.07) is 15.6. The largest absolute Gasteiger partial charge is 0.392 e. The molecule has 2 saturated heterocycles. The van der Waals surface area contributed by atoms with Crippen LogP contribution < -0.4 is 10.2 Å². The Morgan fingerprint density at radius 3 is 2.63 bits per heavy atom. The Morgan fingerprint density at radius 1 is 1.00 bits per heavy atom. The van der Waals surface area contributed by atoms with Crippen molar-refractivity contribution < 1.29 is 5.11 Å². The number of piperidine rings is 1. The van der Waals surface area contributed by atoms with Gasteiger partial charge < -0.3 is 20.3 Å². The number of halogens is 1. The average Bonchev–Trinajstić information content (AvgIpc) is 3.57. The molecular formula is C30H33ClN6O. The van der Waals surface area contributed by atoms with Crippen LogP contribution in [0.4, 0.5) is 17.3 Å². The number of benzene rings is 2. The van der Waals surface area contributed by atoms with Crippen LogP contribution in [0.25, 0.3) is 22.2 Å². The smallest absolute Gasteiger partial charge is 0.227 e. The number of fused-ring (bicyclic) bond motifs is 1. The van der Waals surface area contributed by atoms with E-state index in [0.717, 1.165) is 67.6 Å². The highest BCUT2D eigenvalue weighted by atomic mass is 35.5. The van der Waals surface area contributed by atoms with Crippen LogP contribution in [0.2, 0.25) is 5.02 Å². The lowest BCUT2D eigenvalue weighted by atomic mass is 10.0. The first kappa shape index (κ1) is 23.9. The molecule has 4 heterocycles. The van der Waals surface area contributed by atoms with E-state index in [1.807, 2.05) is 18.3 Å². The molecule has 196 valence electrons. The van der Waals surface area contributed by atoms with Crippen molar-refractivity contribution in [3.63, 3.8) is 0 Å². The fourth-order valence-corrected chi connectivity index (χ4v) is 6.34. The number of aliphatic hydroxyl groups is 1. The van der Waals surface area contributed by atoms with Gasteiger partial charge in [-0.05, 0) is 67.9 Å². The van der Waals surface area contributed by atoms with Crippen molar-refractivity contribution in [3.05, 3.63) is 65.4 Å². The highest BCUT2D eigenvalue weighted by Crippen LogP contribution is 2.43. The second-order valence-electron chi connectivity index (χ2n) is 11.0. The van der Waals surface area contributed by atoms with E-state index in [9.17, 15) is 5.11 Å². The first-order chi connectivity index (χ1) is 18.6. The molecule has 1 unspecified atom stereocenters. The third-order valence-electron chi connectivity index (χ3n) is 8.37. The van der Waals surface area contributed by atoms with E-state index >= 15 is 0 Å². The van der Waals surface area contributed by atoms with Gasteiger partial charge in [0, 0.05) is 66.3 Å². The van der Waals surface area contributed by atoms with Crippen molar-refractivity contribution in [3.8, 4) is 11.3 Å². The summed E-state index contributed by atoms with van der Waals surface area (Å²) in [6.07, 6.45) is 9.18. The van der Waals surface area contributed by atoms with Crippen molar-refractivity contribution in [2.45, 2.75) is 50.2 Å². The maximum Gasteiger partial charge on any atom is 0.227 e. The maximum absolute atomic E-state index is 9.95. The Balaban J connectivity index is 1.13. The van der Waals surface area contributed by atoms with Crippen molar-refractivity contribution in [1.82, 2.24) is 19.9 Å². The number of nitrogens with one attached hydrogen (secondary N) is 2. The van der Waals surface area contributed by atoms with Crippen LogP contribution in [-0.2, 0) is 0 Å². The number of hydrogen-bond acceptors (Lipinski definition) is 6. The molecule has 8 heteroatoms. The van der Waals surface area contributed by atoms with Gasteiger partial charge in [-0.2, -0.15) is 0 Å². The third-order valence-corrected chi connectivity index (χ3v) is 8.65. The molecule has 0 bridgehead atoms. The zero-order valence-corrected chi connectivity index (χ0v) is 22.2. The molecule has 0 spiro atoms. The SMILES string of the molecule is OC1CCN(C2CCN(c3cc(Nc4ncc(Cl)c(-c5c[nH]c6ccccc56)n4)cc(C4CC4)c3)CC2)C1. The van der Waals surface area contributed by atoms with Crippen LogP contribution in [0, 0.1) is 0 Å². The Hall–Kier alpha value is -3.13. The number of likely N-dealkylation sites (tertiary alicyclic amines) is 1. The van der Waals surface area contributed by atoms with Crippen LogP contribution in [0.5, 0.6) is 0 Å². The van der Waals surface area contributed by atoms with E-state index in [1.165, 1.54) is 24.1 Å². The van der Waals surface area contributed by atoms with Crippen molar-refractivity contribution in [1.29, 1.82) is 0 Å². The quantitative estimate of drug-likeness (QED) is 0.287. The first-order valence-corrected chi connectivity index (χ1v) is 14.2. The van der Waals surface area contributed by atoms with Crippen LogP contribution in [0.15, 0.2) is 54.9 Å². The van der Waals surface area contributed by atoms with Crippen molar-refractivity contribution in [2.75, 3.05) is 36.4 Å². The highest BCUT2D eigenvalue weighted by molar-refractivity contribution is 6.33. The Labute approximate surface area is 227 Å². The summed E-state index contributed by atoms with van der Waals surface area (Å²) in [5, 5.41) is 15.1. The monoisotopic (exact) mass is 528 g/mol. The number of nitrogens with zero attached hydrogens (tertiary/aromatic N) is 4. The standard InChI is InChI=1S/C30H33ClN6O/c31-27-17-33-30(35-29(27)26-16-32-28-4-2-1-3-25(26)28)34-21-13-20(19-5-6-19)14-23(15-21)36-10-7-22(8-11-36)37-12-9-24(38)18-37/h1-4,13-17,19,22,24,32,38H,5-12,18H2,(H,33,34,35). The first-order valence-electron chi connectivity index (χ1n) is 13.8. The minimum atomic E-state index is -0.150. The van der Waals surface area contributed by atoms with E-state index in [4.69, 9.17) is 16.6 Å². The second kappa shape index (κ2) is 9.88. The molecule has 3 N–H and O–H groups in total. The van der Waals surface area contributed by atoms with Crippen LogP contribution in [0.3, 0.4) is 0 Å². The Kier molecular flexibility index (Phi) is 6.22. The summed E-state index contributed by atoms with van der Waals surface area (Å²) in [4.78, 5) is 17.7. The summed E-state index contributed by atoms with van der Waals surface area (Å²) in [7, 11) is 0. The molecule has 3 fully saturated rings. The molecule has 7 rings (SSSR count). The molecule has 2 aromatic heterocycles. The van der Waals surface area contributed by atoms with E-state index < -0.39 is 0 Å². The minimum absolute atomic E-state index is 0.150. The zero-order chi connectivity index (χ0) is 25.6. The lowest BCUT2D eigenvalue weighted by molar-refractivity contribution is 0.148. The molecule has 0 amide bonds. The molecular weight excluding hydrogens is 496 g/mol. The average molecular weight is 529 g/mol. The number of aromatic nitrogens is 3. The number of hydrogen-bond donors (Lipinski definition) is 3. The summed E-state index contributed by atoms with van der Waals surface area (Å²) in [6.45, 7) is 3.93. The maximum atomic E-state index is 9.95. The summed E-state index contributed by atoms with van der Waals surface area (Å²) < 4.78 is 0. The fourth-order valence-electron chi connectivity index (χ4n) is 6.14. The fraction of sp³-hybridized carbons (Fsp3) is 0.400. The number of H-pyrrole nitrogens is 1. The molecule has 38 heavy (non-hydrogen) atoms. The topological polar surface area (TPSA) is 80.3 Å². The molecule has 2 aromatic carbocycles. The highest BCUT2D eigenvalue weighted by Gasteiger charge is 2.31. The Bertz CT molecular complexity index is 1460. The van der Waals surface area contributed by atoms with Gasteiger partial charge in [0.05, 0.1) is 23.0 Å². The predicted octanol–water partition coefficient (Wildman–Crippen LogP) is 5.93. The molecule has 1 aliphatic carbocycles. The summed E-state index contributed by atoms with van der Waals surface area (Å²) in [5.41, 5.74) is 6.41. The number of aliphatic hydroxyl groups excluding tert-OH is 1. The van der Waals surface area contributed by atoms with Gasteiger partial charge in [0.1, 0.15) is 0 Å². The minimum Gasteiger partial charge on any atom is -0.392 e. The van der Waals surface area contributed by atoms with Gasteiger partial charge in [0.25, 0.3) is 0 Å². The van der Waals surface area contributed by atoms with Gasteiger partial charge in [-0.3, -0.25) is 4.90 Å². The van der Waals surface area contributed by atoms with Crippen LogP contribution in [-0.4, -0.2) is 63.3 Å². The molecule has 0 radical (unpaired) electrons.